The van der Waals surface area contributed by atoms with Crippen LogP contribution in [0.2, 0.25) is 0 Å². The number of para-hydroxylation sites is 2. The smallest absolute Gasteiger partial charge is 0.416 e. The summed E-state index contributed by atoms with van der Waals surface area (Å²) in [7, 11) is 1.47. The van der Waals surface area contributed by atoms with Gasteiger partial charge < -0.3 is 15.0 Å². The SMILES string of the molecule is COc1ccccc1NC(=O)C=c1[nH]c(=O)c(=Cc2cccc(C(F)(F)F)c2)s1. The largest absolute Gasteiger partial charge is 0.495 e. The van der Waals surface area contributed by atoms with Crippen molar-refractivity contribution >= 4 is 35.1 Å². The summed E-state index contributed by atoms with van der Waals surface area (Å²) in [6.07, 6.45) is -1.93. The van der Waals surface area contributed by atoms with E-state index in [0.717, 1.165) is 23.5 Å². The van der Waals surface area contributed by atoms with Crippen LogP contribution in [0.15, 0.2) is 53.3 Å². The Kier molecular flexibility index (Phi) is 5.88. The summed E-state index contributed by atoms with van der Waals surface area (Å²) in [6, 6.07) is 11.5. The molecule has 2 N–H and O–H groups in total. The van der Waals surface area contributed by atoms with Crippen LogP contribution in [0.25, 0.3) is 12.2 Å². The van der Waals surface area contributed by atoms with E-state index in [0.29, 0.717) is 11.4 Å². The number of rotatable bonds is 4. The van der Waals surface area contributed by atoms with Crippen molar-refractivity contribution in [3.8, 4) is 5.75 Å². The summed E-state index contributed by atoms with van der Waals surface area (Å²) in [5.74, 6) is -0.00916. The van der Waals surface area contributed by atoms with E-state index in [1.165, 1.54) is 31.4 Å². The van der Waals surface area contributed by atoms with Gasteiger partial charge in [0.15, 0.2) is 0 Å². The van der Waals surface area contributed by atoms with Crippen LogP contribution in [0.4, 0.5) is 18.9 Å². The van der Waals surface area contributed by atoms with Gasteiger partial charge in [-0.1, -0.05) is 24.3 Å². The average Bonchev–Trinajstić information content (AvgIpc) is 3.00. The van der Waals surface area contributed by atoms with Crippen LogP contribution >= 0.6 is 11.3 Å². The van der Waals surface area contributed by atoms with Gasteiger partial charge in [0.2, 0.25) is 0 Å². The monoisotopic (exact) mass is 420 g/mol. The zero-order valence-electron chi connectivity index (χ0n) is 15.0. The Labute approximate surface area is 166 Å². The van der Waals surface area contributed by atoms with Crippen LogP contribution in [-0.4, -0.2) is 18.0 Å². The third kappa shape index (κ3) is 5.14. The summed E-state index contributed by atoms with van der Waals surface area (Å²) in [5, 5.41) is 2.64. The van der Waals surface area contributed by atoms with Gasteiger partial charge in [-0.2, -0.15) is 13.2 Å². The van der Waals surface area contributed by atoms with Crippen molar-refractivity contribution in [3.63, 3.8) is 0 Å². The Morgan fingerprint density at radius 1 is 1.17 bits per heavy atom. The predicted octanol–water partition coefficient (Wildman–Crippen LogP) is 2.71. The minimum Gasteiger partial charge on any atom is -0.495 e. The number of carbonyl (C=O) groups is 1. The molecule has 3 aromatic rings. The normalized spacial score (nSPS) is 12.8. The molecule has 29 heavy (non-hydrogen) atoms. The molecule has 2 aromatic carbocycles. The zero-order valence-corrected chi connectivity index (χ0v) is 15.9. The number of ether oxygens (including phenoxy) is 1. The molecule has 0 fully saturated rings. The molecule has 9 heteroatoms. The molecular formula is C20H15F3N2O3S. The number of hydrogen-bond acceptors (Lipinski definition) is 4. The van der Waals surface area contributed by atoms with Crippen molar-refractivity contribution in [2.45, 2.75) is 6.18 Å². The zero-order chi connectivity index (χ0) is 21.0. The number of benzene rings is 2. The predicted molar refractivity (Wildman–Crippen MR) is 105 cm³/mol. The van der Waals surface area contributed by atoms with Crippen molar-refractivity contribution in [3.05, 3.63) is 79.2 Å². The number of aromatic nitrogens is 1. The highest BCUT2D eigenvalue weighted by molar-refractivity contribution is 7.07. The summed E-state index contributed by atoms with van der Waals surface area (Å²) < 4.78 is 44.1. The molecule has 150 valence electrons. The van der Waals surface area contributed by atoms with Gasteiger partial charge in [0.05, 0.1) is 22.9 Å². The average molecular weight is 420 g/mol. The van der Waals surface area contributed by atoms with Gasteiger partial charge in [-0.3, -0.25) is 9.59 Å². The van der Waals surface area contributed by atoms with Crippen LogP contribution in [0, 0.1) is 0 Å². The molecule has 0 saturated carbocycles. The third-order valence-electron chi connectivity index (χ3n) is 3.82. The fraction of sp³-hybridized carbons (Fsp3) is 0.100. The Balaban J connectivity index is 1.89. The highest BCUT2D eigenvalue weighted by atomic mass is 32.1. The number of anilines is 1. The maximum atomic E-state index is 12.8. The number of aromatic amines is 1. The van der Waals surface area contributed by atoms with Crippen LogP contribution in [0.1, 0.15) is 11.1 Å². The van der Waals surface area contributed by atoms with Crippen LogP contribution in [0.5, 0.6) is 5.75 Å². The van der Waals surface area contributed by atoms with E-state index < -0.39 is 23.2 Å². The first-order valence-corrected chi connectivity index (χ1v) is 9.12. The molecule has 1 amide bonds. The number of hydrogen-bond donors (Lipinski definition) is 2. The van der Waals surface area contributed by atoms with E-state index in [1.807, 2.05) is 0 Å². The number of thiazole rings is 1. The Morgan fingerprint density at radius 2 is 1.93 bits per heavy atom. The molecule has 1 heterocycles. The quantitative estimate of drug-likeness (QED) is 0.682. The van der Waals surface area contributed by atoms with E-state index in [2.05, 4.69) is 10.3 Å². The van der Waals surface area contributed by atoms with E-state index in [9.17, 15) is 22.8 Å². The van der Waals surface area contributed by atoms with Crippen LogP contribution in [-0.2, 0) is 11.0 Å². The summed E-state index contributed by atoms with van der Waals surface area (Å²) >= 11 is 0.964. The number of halogens is 3. The fourth-order valence-corrected chi connectivity index (χ4v) is 3.40. The molecule has 0 radical (unpaired) electrons. The van der Waals surface area contributed by atoms with E-state index in [-0.39, 0.29) is 14.8 Å². The Hall–Kier alpha value is -3.33. The first-order valence-electron chi connectivity index (χ1n) is 8.30. The van der Waals surface area contributed by atoms with Gasteiger partial charge in [0.25, 0.3) is 11.5 Å². The number of alkyl halides is 3. The minimum absolute atomic E-state index is 0.181. The number of methoxy groups -OCH3 is 1. The summed E-state index contributed by atoms with van der Waals surface area (Å²) in [4.78, 5) is 26.8. The number of H-pyrrole nitrogens is 1. The van der Waals surface area contributed by atoms with Gasteiger partial charge >= 0.3 is 6.18 Å². The molecule has 0 atom stereocenters. The van der Waals surface area contributed by atoms with E-state index in [4.69, 9.17) is 4.74 Å². The lowest BCUT2D eigenvalue weighted by Gasteiger charge is -2.07. The molecule has 0 bridgehead atoms. The number of amides is 1. The highest BCUT2D eigenvalue weighted by Gasteiger charge is 2.30. The first-order chi connectivity index (χ1) is 13.8. The molecule has 0 unspecified atom stereocenters. The molecule has 0 aliphatic heterocycles. The van der Waals surface area contributed by atoms with E-state index in [1.54, 1.807) is 24.3 Å². The van der Waals surface area contributed by atoms with Crippen molar-refractivity contribution in [2.75, 3.05) is 12.4 Å². The van der Waals surface area contributed by atoms with E-state index >= 15 is 0 Å². The van der Waals surface area contributed by atoms with Crippen molar-refractivity contribution in [1.29, 1.82) is 0 Å². The van der Waals surface area contributed by atoms with Crippen molar-refractivity contribution in [1.82, 2.24) is 4.98 Å². The topological polar surface area (TPSA) is 71.2 Å². The van der Waals surface area contributed by atoms with Crippen molar-refractivity contribution in [2.24, 2.45) is 0 Å². The van der Waals surface area contributed by atoms with Gasteiger partial charge in [-0.25, -0.2) is 0 Å². The minimum atomic E-state index is -4.47. The Morgan fingerprint density at radius 3 is 2.66 bits per heavy atom. The fourth-order valence-electron chi connectivity index (χ4n) is 2.52. The summed E-state index contributed by atoms with van der Waals surface area (Å²) in [6.45, 7) is 0. The highest BCUT2D eigenvalue weighted by Crippen LogP contribution is 2.29. The Bertz CT molecular complexity index is 1210. The standard InChI is InChI=1S/C20H15F3N2O3S/c1-28-15-8-3-2-7-14(15)24-17(26)11-18-25-19(27)16(29-18)10-12-5-4-6-13(9-12)20(21,22)23/h2-11H,1H3,(H,24,26)(H,25,27). The number of nitrogens with one attached hydrogen (secondary N) is 2. The third-order valence-corrected chi connectivity index (χ3v) is 4.78. The lowest BCUT2D eigenvalue weighted by atomic mass is 10.1. The molecule has 1 aromatic heterocycles. The second-order valence-corrected chi connectivity index (χ2v) is 6.97. The molecular weight excluding hydrogens is 405 g/mol. The van der Waals surface area contributed by atoms with Gasteiger partial charge in [0, 0.05) is 6.08 Å². The maximum Gasteiger partial charge on any atom is 0.416 e. The molecule has 5 nitrogen and oxygen atoms in total. The van der Waals surface area contributed by atoms with Gasteiger partial charge in [0.1, 0.15) is 10.4 Å². The van der Waals surface area contributed by atoms with Crippen LogP contribution in [0.3, 0.4) is 0 Å². The molecule has 0 aliphatic carbocycles. The maximum absolute atomic E-state index is 12.8. The molecule has 3 rings (SSSR count). The van der Waals surface area contributed by atoms with Crippen LogP contribution < -0.4 is 24.8 Å². The van der Waals surface area contributed by atoms with Gasteiger partial charge in [-0.05, 0) is 35.9 Å². The second kappa shape index (κ2) is 8.36. The first kappa shape index (κ1) is 20.4. The lowest BCUT2D eigenvalue weighted by molar-refractivity contribution is -0.137. The lowest BCUT2D eigenvalue weighted by Crippen LogP contribution is -2.20. The molecule has 0 saturated heterocycles. The summed E-state index contributed by atoms with van der Waals surface area (Å²) in [5.41, 5.74) is -0.603. The molecule has 0 aliphatic rings. The van der Waals surface area contributed by atoms with Gasteiger partial charge in [-0.15, -0.1) is 11.3 Å². The second-order valence-electron chi connectivity index (χ2n) is 5.89. The molecule has 0 spiro atoms. The number of carbonyl (C=O) groups excluding carboxylic acids is 1. The van der Waals surface area contributed by atoms with Crippen molar-refractivity contribution < 1.29 is 22.7 Å².